The highest BCUT2D eigenvalue weighted by Crippen LogP contribution is 2.05. The molecule has 0 unspecified atom stereocenters. The third-order valence-electron chi connectivity index (χ3n) is 2.12. The number of hydrogen-bond acceptors (Lipinski definition) is 3. The standard InChI is InChI=1S/C9H13N5/c1-13-9(10)7-8(12-13)3-6-14-5-2-4-11-14/h2,4-5,7H,3,6,10H2,1H3. The molecule has 2 heterocycles. The van der Waals surface area contributed by atoms with E-state index < -0.39 is 0 Å². The van der Waals surface area contributed by atoms with Crippen LogP contribution in [-0.2, 0) is 20.0 Å². The van der Waals surface area contributed by atoms with Crippen LogP contribution in [-0.4, -0.2) is 19.6 Å². The maximum atomic E-state index is 5.67. The summed E-state index contributed by atoms with van der Waals surface area (Å²) >= 11 is 0. The Hall–Kier alpha value is -1.78. The van der Waals surface area contributed by atoms with Gasteiger partial charge in [0.05, 0.1) is 5.69 Å². The van der Waals surface area contributed by atoms with Crippen LogP contribution in [0, 0.1) is 0 Å². The molecule has 14 heavy (non-hydrogen) atoms. The van der Waals surface area contributed by atoms with E-state index in [1.165, 1.54) is 0 Å². The van der Waals surface area contributed by atoms with E-state index in [1.54, 1.807) is 10.9 Å². The molecule has 0 saturated carbocycles. The largest absolute Gasteiger partial charge is 0.384 e. The molecule has 0 aliphatic heterocycles. The van der Waals surface area contributed by atoms with Gasteiger partial charge in [0.2, 0.25) is 0 Å². The van der Waals surface area contributed by atoms with Gasteiger partial charge in [-0.1, -0.05) is 0 Å². The summed E-state index contributed by atoms with van der Waals surface area (Å²) in [4.78, 5) is 0. The quantitative estimate of drug-likeness (QED) is 0.765. The van der Waals surface area contributed by atoms with Crippen molar-refractivity contribution >= 4 is 5.82 Å². The molecule has 2 N–H and O–H groups in total. The molecule has 0 amide bonds. The molecule has 0 fully saturated rings. The number of aromatic nitrogens is 4. The number of nitrogens with two attached hydrogens (primary N) is 1. The fourth-order valence-corrected chi connectivity index (χ4v) is 1.33. The van der Waals surface area contributed by atoms with Crippen LogP contribution in [0.2, 0.25) is 0 Å². The van der Waals surface area contributed by atoms with Crippen molar-refractivity contribution in [2.75, 3.05) is 5.73 Å². The Bertz CT molecular complexity index is 381. The first-order valence-corrected chi connectivity index (χ1v) is 4.51. The van der Waals surface area contributed by atoms with Gasteiger partial charge in [-0.05, 0) is 6.07 Å². The molecule has 0 aliphatic rings. The summed E-state index contributed by atoms with van der Waals surface area (Å²) in [5.74, 6) is 0.695. The van der Waals surface area contributed by atoms with Crippen molar-refractivity contribution in [2.45, 2.75) is 13.0 Å². The third-order valence-corrected chi connectivity index (χ3v) is 2.12. The van der Waals surface area contributed by atoms with Gasteiger partial charge in [0.25, 0.3) is 0 Å². The van der Waals surface area contributed by atoms with Gasteiger partial charge >= 0.3 is 0 Å². The van der Waals surface area contributed by atoms with Crippen molar-refractivity contribution in [1.29, 1.82) is 0 Å². The third kappa shape index (κ3) is 1.76. The van der Waals surface area contributed by atoms with Gasteiger partial charge in [-0.2, -0.15) is 10.2 Å². The Labute approximate surface area is 82.1 Å². The van der Waals surface area contributed by atoms with Crippen molar-refractivity contribution in [3.8, 4) is 0 Å². The highest BCUT2D eigenvalue weighted by atomic mass is 15.3. The average molecular weight is 191 g/mol. The number of anilines is 1. The first-order chi connectivity index (χ1) is 6.75. The van der Waals surface area contributed by atoms with Crippen LogP contribution in [0.25, 0.3) is 0 Å². The summed E-state index contributed by atoms with van der Waals surface area (Å²) in [5, 5.41) is 8.37. The van der Waals surface area contributed by atoms with Crippen molar-refractivity contribution in [3.05, 3.63) is 30.2 Å². The summed E-state index contributed by atoms with van der Waals surface area (Å²) < 4.78 is 3.56. The lowest BCUT2D eigenvalue weighted by molar-refractivity contribution is 0.601. The SMILES string of the molecule is Cn1nc(CCn2cccn2)cc1N. The Morgan fingerprint density at radius 3 is 2.93 bits per heavy atom. The zero-order chi connectivity index (χ0) is 9.97. The summed E-state index contributed by atoms with van der Waals surface area (Å²) in [6.45, 7) is 0.837. The van der Waals surface area contributed by atoms with Crippen molar-refractivity contribution < 1.29 is 0 Å². The maximum absolute atomic E-state index is 5.67. The van der Waals surface area contributed by atoms with Crippen LogP contribution in [0.3, 0.4) is 0 Å². The Morgan fingerprint density at radius 2 is 2.36 bits per heavy atom. The molecule has 5 heteroatoms. The molecular weight excluding hydrogens is 178 g/mol. The van der Waals surface area contributed by atoms with Crippen molar-refractivity contribution in [3.63, 3.8) is 0 Å². The summed E-state index contributed by atoms with van der Waals surface area (Å²) in [6, 6.07) is 3.80. The molecule has 0 radical (unpaired) electrons. The zero-order valence-corrected chi connectivity index (χ0v) is 8.09. The minimum absolute atomic E-state index is 0.695. The predicted molar refractivity (Wildman–Crippen MR) is 53.6 cm³/mol. The first kappa shape index (κ1) is 8.80. The summed E-state index contributed by atoms with van der Waals surface area (Å²) in [7, 11) is 1.84. The number of nitrogen functional groups attached to an aromatic ring is 1. The summed E-state index contributed by atoms with van der Waals surface area (Å²) in [6.07, 6.45) is 4.56. The minimum atomic E-state index is 0.695. The van der Waals surface area contributed by atoms with Crippen LogP contribution in [0.4, 0.5) is 5.82 Å². The lowest BCUT2D eigenvalue weighted by Crippen LogP contribution is -2.02. The minimum Gasteiger partial charge on any atom is -0.384 e. The topological polar surface area (TPSA) is 61.7 Å². The molecule has 2 rings (SSSR count). The molecule has 5 nitrogen and oxygen atoms in total. The number of rotatable bonds is 3. The zero-order valence-electron chi connectivity index (χ0n) is 8.09. The second-order valence-corrected chi connectivity index (χ2v) is 3.20. The van der Waals surface area contributed by atoms with E-state index in [0.717, 1.165) is 18.7 Å². The van der Waals surface area contributed by atoms with E-state index in [1.807, 2.05) is 30.1 Å². The van der Waals surface area contributed by atoms with Crippen LogP contribution in [0.15, 0.2) is 24.5 Å². The smallest absolute Gasteiger partial charge is 0.121 e. The molecule has 0 atom stereocenters. The van der Waals surface area contributed by atoms with Gasteiger partial charge in [0, 0.05) is 38.5 Å². The van der Waals surface area contributed by atoms with Gasteiger partial charge in [0.15, 0.2) is 0 Å². The lowest BCUT2D eigenvalue weighted by Gasteiger charge is -1.97. The Morgan fingerprint density at radius 1 is 1.50 bits per heavy atom. The maximum Gasteiger partial charge on any atom is 0.121 e. The van der Waals surface area contributed by atoms with Crippen LogP contribution in [0.5, 0.6) is 0 Å². The van der Waals surface area contributed by atoms with E-state index in [4.69, 9.17) is 5.73 Å². The molecule has 2 aromatic rings. The molecule has 74 valence electrons. The second kappa shape index (κ2) is 3.53. The van der Waals surface area contributed by atoms with Crippen LogP contribution >= 0.6 is 0 Å². The molecule has 0 aliphatic carbocycles. The second-order valence-electron chi connectivity index (χ2n) is 3.20. The highest BCUT2D eigenvalue weighted by Gasteiger charge is 2.01. The van der Waals surface area contributed by atoms with E-state index in [-0.39, 0.29) is 0 Å². The number of aryl methyl sites for hydroxylation is 3. The van der Waals surface area contributed by atoms with E-state index >= 15 is 0 Å². The average Bonchev–Trinajstić information content (AvgIpc) is 2.74. The van der Waals surface area contributed by atoms with Gasteiger partial charge in [-0.3, -0.25) is 9.36 Å². The molecule has 2 aromatic heterocycles. The van der Waals surface area contributed by atoms with Crippen LogP contribution < -0.4 is 5.73 Å². The Balaban J connectivity index is 1.98. The molecule has 0 bridgehead atoms. The fourth-order valence-electron chi connectivity index (χ4n) is 1.33. The van der Waals surface area contributed by atoms with Crippen molar-refractivity contribution in [2.24, 2.45) is 7.05 Å². The molecule has 0 spiro atoms. The van der Waals surface area contributed by atoms with E-state index in [9.17, 15) is 0 Å². The van der Waals surface area contributed by atoms with Crippen LogP contribution in [0.1, 0.15) is 5.69 Å². The Kier molecular flexibility index (Phi) is 2.22. The monoisotopic (exact) mass is 191 g/mol. The summed E-state index contributed by atoms with van der Waals surface area (Å²) in [5.41, 5.74) is 6.67. The van der Waals surface area contributed by atoms with E-state index in [0.29, 0.717) is 5.82 Å². The van der Waals surface area contributed by atoms with Gasteiger partial charge in [-0.25, -0.2) is 0 Å². The number of nitrogens with zero attached hydrogens (tertiary/aromatic N) is 4. The molecule has 0 saturated heterocycles. The fraction of sp³-hybridized carbons (Fsp3) is 0.333. The lowest BCUT2D eigenvalue weighted by atomic mass is 10.3. The van der Waals surface area contributed by atoms with Gasteiger partial charge < -0.3 is 5.73 Å². The van der Waals surface area contributed by atoms with Crippen molar-refractivity contribution in [1.82, 2.24) is 19.6 Å². The normalized spacial score (nSPS) is 10.6. The first-order valence-electron chi connectivity index (χ1n) is 4.51. The number of hydrogen-bond donors (Lipinski definition) is 1. The van der Waals surface area contributed by atoms with Gasteiger partial charge in [-0.15, -0.1) is 0 Å². The van der Waals surface area contributed by atoms with Gasteiger partial charge in [0.1, 0.15) is 5.82 Å². The predicted octanol–water partition coefficient (Wildman–Crippen LogP) is 0.442. The molecule has 0 aromatic carbocycles. The molecular formula is C9H13N5. The van der Waals surface area contributed by atoms with E-state index in [2.05, 4.69) is 10.2 Å². The highest BCUT2D eigenvalue weighted by molar-refractivity contribution is 5.30.